The van der Waals surface area contributed by atoms with Gasteiger partial charge in [0.05, 0.1) is 0 Å². The number of rotatable bonds is 3. The molecule has 0 atom stereocenters. The van der Waals surface area contributed by atoms with Crippen molar-refractivity contribution < 1.29 is 9.59 Å². The summed E-state index contributed by atoms with van der Waals surface area (Å²) in [5, 5.41) is 2.84. The lowest BCUT2D eigenvalue weighted by atomic mass is 9.96. The Bertz CT molecular complexity index is 559. The van der Waals surface area contributed by atoms with Crippen LogP contribution in [-0.4, -0.2) is 30.7 Å². The number of hydrogen-bond donors (Lipinski definition) is 1. The van der Waals surface area contributed by atoms with Crippen LogP contribution in [0.3, 0.4) is 0 Å². The number of allylic oxidation sites excluding steroid dienone is 1. The summed E-state index contributed by atoms with van der Waals surface area (Å²) < 4.78 is 0. The van der Waals surface area contributed by atoms with Gasteiger partial charge in [0.1, 0.15) is 0 Å². The second-order valence-electron chi connectivity index (χ2n) is 4.98. The van der Waals surface area contributed by atoms with Crippen molar-refractivity contribution in [2.45, 2.75) is 19.8 Å². The molecular formula is C15H18N2O2. The Hall–Kier alpha value is -2.10. The second kappa shape index (κ2) is 5.26. The number of hydrogen-bond acceptors (Lipinski definition) is 3. The van der Waals surface area contributed by atoms with Crippen molar-refractivity contribution in [3.63, 3.8) is 0 Å². The fourth-order valence-corrected chi connectivity index (χ4v) is 2.18. The highest BCUT2D eigenvalue weighted by Crippen LogP contribution is 2.27. The van der Waals surface area contributed by atoms with E-state index < -0.39 is 0 Å². The van der Waals surface area contributed by atoms with Gasteiger partial charge in [-0.05, 0) is 36.6 Å². The molecule has 1 heterocycles. The molecule has 0 bridgehead atoms. The van der Waals surface area contributed by atoms with Crippen LogP contribution in [0.4, 0.5) is 5.69 Å². The van der Waals surface area contributed by atoms with Crippen LogP contribution in [0.15, 0.2) is 24.4 Å². The predicted octanol–water partition coefficient (Wildman–Crippen LogP) is 2.06. The molecule has 1 aliphatic rings. The molecule has 0 fully saturated rings. The standard InChI is InChI=1S/C15H18N2O2/c1-10(18)13(9-17(2)3)11-4-6-14-12(8-11)5-7-15(19)16-14/h4,6,8-9H,5,7H2,1-3H3,(H,16,19). The van der Waals surface area contributed by atoms with Crippen LogP contribution < -0.4 is 5.32 Å². The molecule has 0 saturated carbocycles. The zero-order valence-electron chi connectivity index (χ0n) is 11.5. The van der Waals surface area contributed by atoms with E-state index in [0.717, 1.165) is 23.2 Å². The number of ketones is 1. The highest BCUT2D eigenvalue weighted by atomic mass is 16.1. The summed E-state index contributed by atoms with van der Waals surface area (Å²) in [4.78, 5) is 24.9. The maximum absolute atomic E-state index is 11.7. The van der Waals surface area contributed by atoms with Gasteiger partial charge < -0.3 is 10.2 Å². The molecule has 100 valence electrons. The van der Waals surface area contributed by atoms with E-state index in [1.807, 2.05) is 43.4 Å². The van der Waals surface area contributed by atoms with Crippen LogP contribution in [0.1, 0.15) is 24.5 Å². The molecule has 0 aromatic heterocycles. The first-order chi connectivity index (χ1) is 8.97. The number of benzene rings is 1. The van der Waals surface area contributed by atoms with Crippen molar-refractivity contribution in [1.82, 2.24) is 4.90 Å². The Kier molecular flexibility index (Phi) is 3.69. The van der Waals surface area contributed by atoms with Gasteiger partial charge in [0, 0.05) is 38.0 Å². The molecule has 4 heteroatoms. The lowest BCUT2D eigenvalue weighted by Gasteiger charge is -2.18. The van der Waals surface area contributed by atoms with Crippen LogP contribution in [-0.2, 0) is 16.0 Å². The Labute approximate surface area is 113 Å². The van der Waals surface area contributed by atoms with Crippen LogP contribution in [0.5, 0.6) is 0 Å². The Morgan fingerprint density at radius 2 is 2.05 bits per heavy atom. The van der Waals surface area contributed by atoms with Crippen molar-refractivity contribution in [3.8, 4) is 0 Å². The molecule has 0 spiro atoms. The number of carbonyl (C=O) groups is 2. The minimum absolute atomic E-state index is 0.0356. The average Bonchev–Trinajstić information content (AvgIpc) is 2.35. The number of carbonyl (C=O) groups excluding carboxylic acids is 2. The van der Waals surface area contributed by atoms with Crippen LogP contribution in [0.2, 0.25) is 0 Å². The van der Waals surface area contributed by atoms with E-state index >= 15 is 0 Å². The predicted molar refractivity (Wildman–Crippen MR) is 75.7 cm³/mol. The molecule has 4 nitrogen and oxygen atoms in total. The molecule has 1 aromatic carbocycles. The molecule has 1 N–H and O–H groups in total. The summed E-state index contributed by atoms with van der Waals surface area (Å²) >= 11 is 0. The Morgan fingerprint density at radius 3 is 2.68 bits per heavy atom. The van der Waals surface area contributed by atoms with Crippen molar-refractivity contribution in [1.29, 1.82) is 0 Å². The maximum atomic E-state index is 11.7. The zero-order chi connectivity index (χ0) is 14.0. The van der Waals surface area contributed by atoms with Gasteiger partial charge in [0.15, 0.2) is 5.78 Å². The summed E-state index contributed by atoms with van der Waals surface area (Å²) in [6.45, 7) is 1.57. The highest BCUT2D eigenvalue weighted by Gasteiger charge is 2.16. The summed E-state index contributed by atoms with van der Waals surface area (Å²) in [6.07, 6.45) is 3.05. The van der Waals surface area contributed by atoms with Crippen LogP contribution in [0, 0.1) is 0 Å². The van der Waals surface area contributed by atoms with E-state index in [0.29, 0.717) is 12.0 Å². The quantitative estimate of drug-likeness (QED) is 0.844. The molecule has 1 aliphatic heterocycles. The third-order valence-electron chi connectivity index (χ3n) is 3.08. The number of nitrogens with one attached hydrogen (secondary N) is 1. The van der Waals surface area contributed by atoms with E-state index in [9.17, 15) is 9.59 Å². The summed E-state index contributed by atoms with van der Waals surface area (Å²) in [7, 11) is 3.78. The van der Waals surface area contributed by atoms with Crippen molar-refractivity contribution in [2.75, 3.05) is 19.4 Å². The number of fused-ring (bicyclic) bond motifs is 1. The topological polar surface area (TPSA) is 49.4 Å². The van der Waals surface area contributed by atoms with E-state index in [-0.39, 0.29) is 11.7 Å². The van der Waals surface area contributed by atoms with E-state index in [1.54, 1.807) is 6.92 Å². The van der Waals surface area contributed by atoms with Gasteiger partial charge in [-0.3, -0.25) is 9.59 Å². The fraction of sp³-hybridized carbons (Fsp3) is 0.333. The molecule has 19 heavy (non-hydrogen) atoms. The summed E-state index contributed by atoms with van der Waals surface area (Å²) in [5.74, 6) is 0.0874. The number of nitrogens with zero attached hydrogens (tertiary/aromatic N) is 1. The molecule has 0 radical (unpaired) electrons. The molecule has 2 rings (SSSR count). The van der Waals surface area contributed by atoms with Crippen molar-refractivity contribution in [3.05, 3.63) is 35.5 Å². The first-order valence-electron chi connectivity index (χ1n) is 6.29. The van der Waals surface area contributed by atoms with E-state index in [4.69, 9.17) is 0 Å². The minimum Gasteiger partial charge on any atom is -0.383 e. The van der Waals surface area contributed by atoms with E-state index in [1.165, 1.54) is 0 Å². The molecular weight excluding hydrogens is 240 g/mol. The van der Waals surface area contributed by atoms with Crippen molar-refractivity contribution in [2.24, 2.45) is 0 Å². The normalized spacial score (nSPS) is 14.7. The SMILES string of the molecule is CC(=O)C(=CN(C)C)c1ccc2c(c1)CCC(=O)N2. The number of anilines is 1. The van der Waals surface area contributed by atoms with Crippen LogP contribution >= 0.6 is 0 Å². The van der Waals surface area contributed by atoms with Crippen LogP contribution in [0.25, 0.3) is 5.57 Å². The van der Waals surface area contributed by atoms with Gasteiger partial charge in [-0.15, -0.1) is 0 Å². The van der Waals surface area contributed by atoms with Gasteiger partial charge in [-0.1, -0.05) is 6.07 Å². The average molecular weight is 258 g/mol. The molecule has 0 unspecified atom stereocenters. The molecule has 0 saturated heterocycles. The smallest absolute Gasteiger partial charge is 0.224 e. The first kappa shape index (κ1) is 13.3. The highest BCUT2D eigenvalue weighted by molar-refractivity contribution is 6.19. The molecule has 1 aromatic rings. The van der Waals surface area contributed by atoms with Gasteiger partial charge in [-0.25, -0.2) is 0 Å². The van der Waals surface area contributed by atoms with Gasteiger partial charge >= 0.3 is 0 Å². The maximum Gasteiger partial charge on any atom is 0.224 e. The lowest BCUT2D eigenvalue weighted by molar-refractivity contribution is -0.116. The monoisotopic (exact) mass is 258 g/mol. The number of amides is 1. The Morgan fingerprint density at radius 1 is 1.32 bits per heavy atom. The summed E-state index contributed by atoms with van der Waals surface area (Å²) in [6, 6.07) is 5.74. The number of aryl methyl sites for hydroxylation is 1. The lowest BCUT2D eigenvalue weighted by Crippen LogP contribution is -2.19. The molecule has 1 amide bonds. The summed E-state index contributed by atoms with van der Waals surface area (Å²) in [5.41, 5.74) is 3.52. The van der Waals surface area contributed by atoms with Gasteiger partial charge in [0.25, 0.3) is 0 Å². The Balaban J connectivity index is 2.40. The third kappa shape index (κ3) is 3.02. The molecule has 0 aliphatic carbocycles. The first-order valence-corrected chi connectivity index (χ1v) is 6.29. The second-order valence-corrected chi connectivity index (χ2v) is 4.98. The van der Waals surface area contributed by atoms with Gasteiger partial charge in [-0.2, -0.15) is 0 Å². The van der Waals surface area contributed by atoms with Crippen molar-refractivity contribution >= 4 is 23.0 Å². The third-order valence-corrected chi connectivity index (χ3v) is 3.08. The van der Waals surface area contributed by atoms with Gasteiger partial charge in [0.2, 0.25) is 5.91 Å². The number of Topliss-reactive ketones (excluding diaryl/α,β-unsaturated/α-hetero) is 1. The minimum atomic E-state index is 0.0356. The van der Waals surface area contributed by atoms with E-state index in [2.05, 4.69) is 5.32 Å². The fourth-order valence-electron chi connectivity index (χ4n) is 2.18. The largest absolute Gasteiger partial charge is 0.383 e. The zero-order valence-corrected chi connectivity index (χ0v) is 11.5.